The van der Waals surface area contributed by atoms with E-state index in [1.807, 2.05) is 37.4 Å². The van der Waals surface area contributed by atoms with Crippen LogP contribution in [-0.2, 0) is 28.9 Å². The van der Waals surface area contributed by atoms with E-state index >= 15 is 0 Å². The maximum Gasteiger partial charge on any atom is 0.303 e. The molecule has 0 fully saturated rings. The number of benzene rings is 2. The molecule has 3 rings (SSSR count). The average molecular weight is 342 g/mol. The van der Waals surface area contributed by atoms with Crippen molar-refractivity contribution in [3.05, 3.63) is 53.9 Å². The number of hydrogen-bond donors (Lipinski definition) is 1. The number of aryl methyl sites for hydroxylation is 1. The number of nitrogens with zero attached hydrogens (tertiary/aromatic N) is 2. The van der Waals surface area contributed by atoms with E-state index in [9.17, 15) is 9.90 Å². The number of hydrogen-bond acceptors (Lipinski definition) is 5. The molecule has 24 heavy (non-hydrogen) atoms. The first-order valence-corrected chi connectivity index (χ1v) is 8.51. The van der Waals surface area contributed by atoms with E-state index in [0.29, 0.717) is 5.75 Å². The number of esters is 1. The highest BCUT2D eigenvalue weighted by Crippen LogP contribution is 2.32. The standard InChI is InChI=1S/C18H18N2O3S/c1-12(21)23-10-14-8-15(20(2)19-14)11-24-16-7-13-5-3-4-6-17(13)18(22)9-16/h3-9,22H,10-11H2,1-2H3. The van der Waals surface area contributed by atoms with Crippen LogP contribution in [0.3, 0.4) is 0 Å². The molecular formula is C18H18N2O3S. The molecule has 0 saturated heterocycles. The van der Waals surface area contributed by atoms with Gasteiger partial charge in [-0.2, -0.15) is 5.10 Å². The van der Waals surface area contributed by atoms with Crippen molar-refractivity contribution in [2.75, 3.05) is 0 Å². The summed E-state index contributed by atoms with van der Waals surface area (Å²) < 4.78 is 6.75. The number of carbonyl (C=O) groups excluding carboxylic acids is 1. The Morgan fingerprint density at radius 3 is 2.88 bits per heavy atom. The molecule has 2 aromatic carbocycles. The van der Waals surface area contributed by atoms with Crippen LogP contribution in [0.15, 0.2) is 47.4 Å². The molecule has 0 radical (unpaired) electrons. The Morgan fingerprint density at radius 2 is 2.08 bits per heavy atom. The first-order valence-electron chi connectivity index (χ1n) is 7.52. The summed E-state index contributed by atoms with van der Waals surface area (Å²) in [6.45, 7) is 1.57. The fourth-order valence-corrected chi connectivity index (χ4v) is 3.45. The van der Waals surface area contributed by atoms with Gasteiger partial charge in [0.15, 0.2) is 0 Å². The molecule has 0 amide bonds. The second kappa shape index (κ2) is 6.97. The lowest BCUT2D eigenvalue weighted by Gasteiger charge is -2.06. The maximum atomic E-state index is 10.9. The van der Waals surface area contributed by atoms with Gasteiger partial charge in [0.1, 0.15) is 18.1 Å². The van der Waals surface area contributed by atoms with Gasteiger partial charge in [-0.05, 0) is 23.6 Å². The van der Waals surface area contributed by atoms with Gasteiger partial charge in [0, 0.05) is 35.7 Å². The maximum absolute atomic E-state index is 10.9. The third kappa shape index (κ3) is 3.71. The Morgan fingerprint density at radius 1 is 1.29 bits per heavy atom. The summed E-state index contributed by atoms with van der Waals surface area (Å²) in [5.74, 6) is 0.681. The fraction of sp³-hybridized carbons (Fsp3) is 0.222. The number of carbonyl (C=O) groups is 1. The van der Waals surface area contributed by atoms with Crippen LogP contribution in [0.5, 0.6) is 5.75 Å². The molecule has 1 heterocycles. The largest absolute Gasteiger partial charge is 0.507 e. The van der Waals surface area contributed by atoms with Crippen LogP contribution in [-0.4, -0.2) is 20.9 Å². The summed E-state index contributed by atoms with van der Waals surface area (Å²) in [6, 6.07) is 13.5. The molecule has 0 aliphatic carbocycles. The van der Waals surface area contributed by atoms with Crippen molar-refractivity contribution in [3.63, 3.8) is 0 Å². The van der Waals surface area contributed by atoms with Crippen molar-refractivity contribution in [3.8, 4) is 5.75 Å². The molecule has 0 bridgehead atoms. The number of phenolic OH excluding ortho intramolecular Hbond substituents is 1. The van der Waals surface area contributed by atoms with Gasteiger partial charge in [-0.25, -0.2) is 0 Å². The zero-order valence-corrected chi connectivity index (χ0v) is 14.3. The Hall–Kier alpha value is -2.47. The highest BCUT2D eigenvalue weighted by Gasteiger charge is 2.09. The van der Waals surface area contributed by atoms with Crippen molar-refractivity contribution in [2.45, 2.75) is 24.2 Å². The summed E-state index contributed by atoms with van der Waals surface area (Å²) >= 11 is 1.63. The van der Waals surface area contributed by atoms with Gasteiger partial charge in [-0.15, -0.1) is 11.8 Å². The second-order valence-electron chi connectivity index (χ2n) is 5.48. The van der Waals surface area contributed by atoms with Crippen LogP contribution < -0.4 is 0 Å². The second-order valence-corrected chi connectivity index (χ2v) is 6.53. The number of ether oxygens (including phenoxy) is 1. The molecule has 0 atom stereocenters. The molecule has 0 spiro atoms. The van der Waals surface area contributed by atoms with Gasteiger partial charge in [-0.3, -0.25) is 9.48 Å². The molecule has 3 aromatic rings. The van der Waals surface area contributed by atoms with Crippen molar-refractivity contribution in [1.29, 1.82) is 0 Å². The first kappa shape index (κ1) is 16.4. The number of aromatic nitrogens is 2. The molecule has 5 nitrogen and oxygen atoms in total. The Balaban J connectivity index is 1.73. The summed E-state index contributed by atoms with van der Waals surface area (Å²) in [4.78, 5) is 11.9. The highest BCUT2D eigenvalue weighted by molar-refractivity contribution is 7.98. The van der Waals surface area contributed by atoms with E-state index in [0.717, 1.165) is 27.1 Å². The molecule has 0 saturated carbocycles. The summed E-state index contributed by atoms with van der Waals surface area (Å²) in [7, 11) is 1.87. The molecule has 0 aliphatic heterocycles. The minimum atomic E-state index is -0.316. The number of rotatable bonds is 5. The van der Waals surface area contributed by atoms with Crippen molar-refractivity contribution in [1.82, 2.24) is 9.78 Å². The van der Waals surface area contributed by atoms with Crippen LogP contribution in [0, 0.1) is 0 Å². The van der Waals surface area contributed by atoms with Crippen LogP contribution in [0.4, 0.5) is 0 Å². The van der Waals surface area contributed by atoms with E-state index in [2.05, 4.69) is 11.2 Å². The molecule has 0 unspecified atom stereocenters. The van der Waals surface area contributed by atoms with E-state index in [-0.39, 0.29) is 18.3 Å². The molecule has 1 aromatic heterocycles. The summed E-state index contributed by atoms with van der Waals surface area (Å²) in [5, 5.41) is 16.4. The minimum Gasteiger partial charge on any atom is -0.507 e. The van der Waals surface area contributed by atoms with Crippen LogP contribution in [0.1, 0.15) is 18.3 Å². The SMILES string of the molecule is CC(=O)OCc1cc(CSc2cc(O)c3ccccc3c2)n(C)n1. The number of fused-ring (bicyclic) bond motifs is 1. The minimum absolute atomic E-state index is 0.185. The third-order valence-electron chi connectivity index (χ3n) is 3.65. The average Bonchev–Trinajstić information content (AvgIpc) is 2.91. The lowest BCUT2D eigenvalue weighted by Crippen LogP contribution is -2.00. The number of aromatic hydroxyl groups is 1. The topological polar surface area (TPSA) is 64.3 Å². The predicted molar refractivity (Wildman–Crippen MR) is 93.9 cm³/mol. The number of thioether (sulfide) groups is 1. The zero-order chi connectivity index (χ0) is 17.1. The number of phenols is 1. The van der Waals surface area contributed by atoms with Gasteiger partial charge >= 0.3 is 5.97 Å². The monoisotopic (exact) mass is 342 g/mol. The normalized spacial score (nSPS) is 10.9. The van der Waals surface area contributed by atoms with Crippen molar-refractivity contribution in [2.24, 2.45) is 7.05 Å². The quantitative estimate of drug-likeness (QED) is 0.566. The zero-order valence-electron chi connectivity index (χ0n) is 13.5. The van der Waals surface area contributed by atoms with E-state index in [1.165, 1.54) is 6.92 Å². The molecule has 1 N–H and O–H groups in total. The van der Waals surface area contributed by atoms with Crippen molar-refractivity contribution < 1.29 is 14.6 Å². The molecule has 0 aliphatic rings. The Bertz CT molecular complexity index is 889. The van der Waals surface area contributed by atoms with Gasteiger partial charge < -0.3 is 9.84 Å². The lowest BCUT2D eigenvalue weighted by molar-refractivity contribution is -0.142. The van der Waals surface area contributed by atoms with Crippen LogP contribution in [0.2, 0.25) is 0 Å². The van der Waals surface area contributed by atoms with Gasteiger partial charge in [0.25, 0.3) is 0 Å². The third-order valence-corrected chi connectivity index (χ3v) is 4.66. The molecular weight excluding hydrogens is 324 g/mol. The predicted octanol–water partition coefficient (Wildman–Crippen LogP) is 3.63. The van der Waals surface area contributed by atoms with Gasteiger partial charge in [0.2, 0.25) is 0 Å². The highest BCUT2D eigenvalue weighted by atomic mass is 32.2. The van der Waals surface area contributed by atoms with Gasteiger partial charge in [0.05, 0.1) is 0 Å². The van der Waals surface area contributed by atoms with Crippen molar-refractivity contribution >= 4 is 28.5 Å². The van der Waals surface area contributed by atoms with E-state index in [1.54, 1.807) is 22.5 Å². The Kier molecular flexibility index (Phi) is 4.76. The first-order chi connectivity index (χ1) is 11.5. The summed E-state index contributed by atoms with van der Waals surface area (Å²) in [6.07, 6.45) is 0. The smallest absolute Gasteiger partial charge is 0.303 e. The Labute approximate surface area is 144 Å². The molecule has 124 valence electrons. The van der Waals surface area contributed by atoms with Gasteiger partial charge in [-0.1, -0.05) is 24.3 Å². The lowest BCUT2D eigenvalue weighted by atomic mass is 10.1. The van der Waals surface area contributed by atoms with Crippen LogP contribution in [0.25, 0.3) is 10.8 Å². The summed E-state index contributed by atoms with van der Waals surface area (Å²) in [5.41, 5.74) is 1.75. The fourth-order valence-electron chi connectivity index (χ4n) is 2.46. The van der Waals surface area contributed by atoms with E-state index in [4.69, 9.17) is 4.74 Å². The molecule has 6 heteroatoms. The van der Waals surface area contributed by atoms with E-state index < -0.39 is 0 Å². The van der Waals surface area contributed by atoms with Crippen LogP contribution >= 0.6 is 11.8 Å².